The molecule has 1 atom stereocenters. The fraction of sp³-hybridized carbons (Fsp3) is 0.609. The third-order valence-electron chi connectivity index (χ3n) is 5.89. The first-order chi connectivity index (χ1) is 14.8. The van der Waals surface area contributed by atoms with E-state index >= 15 is 0 Å². The van der Waals surface area contributed by atoms with Gasteiger partial charge in [-0.3, -0.25) is 9.69 Å². The lowest BCUT2D eigenvalue weighted by Gasteiger charge is -2.32. The molecule has 0 spiro atoms. The molecule has 1 saturated carbocycles. The predicted octanol–water partition coefficient (Wildman–Crippen LogP) is 4.87. The number of ether oxygens (including phenoxy) is 2. The van der Waals surface area contributed by atoms with Crippen molar-refractivity contribution in [3.8, 4) is 5.75 Å². The minimum atomic E-state index is -4.69. The van der Waals surface area contributed by atoms with Gasteiger partial charge >= 0.3 is 12.3 Å². The van der Waals surface area contributed by atoms with E-state index in [1.807, 2.05) is 12.2 Å². The smallest absolute Gasteiger partial charge is 0.481 e. The van der Waals surface area contributed by atoms with E-state index in [1.165, 1.54) is 12.1 Å². The van der Waals surface area contributed by atoms with Crippen LogP contribution in [0.25, 0.3) is 0 Å². The second kappa shape index (κ2) is 11.0. The zero-order chi connectivity index (χ0) is 22.3. The molecule has 1 aromatic carbocycles. The largest absolute Gasteiger partial charge is 0.573 e. The monoisotopic (exact) mass is 441 g/mol. The lowest BCUT2D eigenvalue weighted by atomic mass is 9.97. The molecule has 172 valence electrons. The van der Waals surface area contributed by atoms with Gasteiger partial charge in [0.15, 0.2) is 0 Å². The SMILES string of the molecule is O=C(O)C[C@H](/C=C/COCC1CCN(Cc2ccccc2OC(F)(F)F)CC1)C1CC1. The maximum absolute atomic E-state index is 12.6. The topological polar surface area (TPSA) is 59.0 Å². The molecule has 8 heteroatoms. The molecule has 2 fully saturated rings. The Balaban J connectivity index is 1.36. The van der Waals surface area contributed by atoms with Gasteiger partial charge in [0, 0.05) is 18.7 Å². The van der Waals surface area contributed by atoms with Crippen molar-refractivity contribution in [3.63, 3.8) is 0 Å². The van der Waals surface area contributed by atoms with Gasteiger partial charge in [-0.25, -0.2) is 0 Å². The Morgan fingerprint density at radius 1 is 1.19 bits per heavy atom. The summed E-state index contributed by atoms with van der Waals surface area (Å²) in [7, 11) is 0. The number of likely N-dealkylation sites (tertiary alicyclic amines) is 1. The molecule has 3 rings (SSSR count). The highest BCUT2D eigenvalue weighted by Gasteiger charge is 2.32. The van der Waals surface area contributed by atoms with Crippen LogP contribution in [0.4, 0.5) is 13.2 Å². The molecule has 0 aromatic heterocycles. The molecular weight excluding hydrogens is 411 g/mol. The van der Waals surface area contributed by atoms with Crippen LogP contribution in [0.3, 0.4) is 0 Å². The molecule has 1 aliphatic heterocycles. The van der Waals surface area contributed by atoms with Crippen LogP contribution >= 0.6 is 0 Å². The Kier molecular flexibility index (Phi) is 8.37. The van der Waals surface area contributed by atoms with Gasteiger partial charge in [0.05, 0.1) is 13.0 Å². The van der Waals surface area contributed by atoms with Gasteiger partial charge in [-0.15, -0.1) is 13.2 Å². The number of benzene rings is 1. The Bertz CT molecular complexity index is 741. The van der Waals surface area contributed by atoms with Gasteiger partial charge in [-0.05, 0) is 62.6 Å². The van der Waals surface area contributed by atoms with Gasteiger partial charge in [-0.2, -0.15) is 0 Å². The second-order valence-electron chi connectivity index (χ2n) is 8.44. The summed E-state index contributed by atoms with van der Waals surface area (Å²) in [5.41, 5.74) is 0.534. The van der Waals surface area contributed by atoms with Crippen molar-refractivity contribution >= 4 is 5.97 Å². The number of carbonyl (C=O) groups is 1. The number of piperidine rings is 1. The van der Waals surface area contributed by atoms with Crippen LogP contribution in [-0.4, -0.2) is 48.6 Å². The summed E-state index contributed by atoms with van der Waals surface area (Å²) in [5.74, 6) is 0.128. The van der Waals surface area contributed by atoms with E-state index in [0.29, 0.717) is 37.2 Å². The van der Waals surface area contributed by atoms with E-state index < -0.39 is 12.3 Å². The quantitative estimate of drug-likeness (QED) is 0.392. The highest BCUT2D eigenvalue weighted by Crippen LogP contribution is 2.39. The highest BCUT2D eigenvalue weighted by molar-refractivity contribution is 5.67. The number of halogens is 3. The molecule has 0 radical (unpaired) electrons. The van der Waals surface area contributed by atoms with E-state index in [-0.39, 0.29) is 18.1 Å². The molecule has 0 amide bonds. The number of alkyl halides is 3. The first kappa shape index (κ1) is 23.6. The summed E-state index contributed by atoms with van der Waals surface area (Å²) >= 11 is 0. The maximum Gasteiger partial charge on any atom is 0.573 e. The zero-order valence-corrected chi connectivity index (χ0v) is 17.5. The van der Waals surface area contributed by atoms with Crippen molar-refractivity contribution in [2.24, 2.45) is 17.8 Å². The normalized spacial score (nSPS) is 19.6. The summed E-state index contributed by atoms with van der Waals surface area (Å²) < 4.78 is 47.7. The van der Waals surface area contributed by atoms with Gasteiger partial charge in [0.25, 0.3) is 0 Å². The lowest BCUT2D eigenvalue weighted by Crippen LogP contribution is -2.35. The van der Waals surface area contributed by atoms with E-state index in [2.05, 4.69) is 9.64 Å². The summed E-state index contributed by atoms with van der Waals surface area (Å²) in [6.07, 6.45) is 3.46. The summed E-state index contributed by atoms with van der Waals surface area (Å²) in [6.45, 7) is 3.14. The third kappa shape index (κ3) is 8.53. The van der Waals surface area contributed by atoms with Crippen molar-refractivity contribution in [1.29, 1.82) is 0 Å². The molecule has 0 unspecified atom stereocenters. The first-order valence-electron chi connectivity index (χ1n) is 10.8. The number of hydrogen-bond donors (Lipinski definition) is 1. The average Bonchev–Trinajstić information content (AvgIpc) is 3.53. The molecule has 2 aliphatic rings. The standard InChI is InChI=1S/C23H30F3NO4/c24-23(25,26)31-21-6-2-1-4-20(21)15-27-11-9-17(10-12-27)16-30-13-3-5-19(14-22(28)29)18-7-8-18/h1-6,17-19H,7-16H2,(H,28,29)/b5-3+/t19-/m0/s1. The highest BCUT2D eigenvalue weighted by atomic mass is 19.4. The van der Waals surface area contributed by atoms with E-state index in [1.54, 1.807) is 12.1 Å². The van der Waals surface area contributed by atoms with Crippen molar-refractivity contribution < 1.29 is 32.5 Å². The Morgan fingerprint density at radius 3 is 2.55 bits per heavy atom. The molecule has 5 nitrogen and oxygen atoms in total. The van der Waals surface area contributed by atoms with Crippen LogP contribution in [0.1, 0.15) is 37.7 Å². The van der Waals surface area contributed by atoms with Crippen LogP contribution in [-0.2, 0) is 16.1 Å². The molecule has 1 aromatic rings. The Hall–Kier alpha value is -2.06. The molecule has 31 heavy (non-hydrogen) atoms. The minimum Gasteiger partial charge on any atom is -0.481 e. The predicted molar refractivity (Wildman–Crippen MR) is 110 cm³/mol. The Labute approximate surface area is 180 Å². The number of aliphatic carboxylic acids is 1. The first-order valence-corrected chi connectivity index (χ1v) is 10.8. The zero-order valence-electron chi connectivity index (χ0n) is 17.5. The van der Waals surface area contributed by atoms with Crippen LogP contribution < -0.4 is 4.74 Å². The molecule has 1 saturated heterocycles. The van der Waals surface area contributed by atoms with E-state index in [9.17, 15) is 18.0 Å². The van der Waals surface area contributed by atoms with Crippen molar-refractivity contribution in [3.05, 3.63) is 42.0 Å². The summed E-state index contributed by atoms with van der Waals surface area (Å²) in [4.78, 5) is 13.1. The number of carboxylic acid groups (broad SMARTS) is 1. The third-order valence-corrected chi connectivity index (χ3v) is 5.89. The number of rotatable bonds is 11. The Morgan fingerprint density at radius 2 is 1.90 bits per heavy atom. The van der Waals surface area contributed by atoms with Crippen LogP contribution in [0.5, 0.6) is 5.75 Å². The molecule has 1 N–H and O–H groups in total. The van der Waals surface area contributed by atoms with Gasteiger partial charge in [0.2, 0.25) is 0 Å². The van der Waals surface area contributed by atoms with Crippen molar-refractivity contribution in [2.75, 3.05) is 26.3 Å². The second-order valence-corrected chi connectivity index (χ2v) is 8.44. The van der Waals surface area contributed by atoms with Crippen LogP contribution in [0.15, 0.2) is 36.4 Å². The molecular formula is C23H30F3NO4. The van der Waals surface area contributed by atoms with Crippen molar-refractivity contribution in [2.45, 2.75) is 45.0 Å². The van der Waals surface area contributed by atoms with Crippen LogP contribution in [0, 0.1) is 17.8 Å². The molecule has 1 heterocycles. The summed E-state index contributed by atoms with van der Waals surface area (Å²) in [6, 6.07) is 6.27. The fourth-order valence-corrected chi connectivity index (χ4v) is 4.06. The van der Waals surface area contributed by atoms with E-state index in [0.717, 1.165) is 38.8 Å². The molecule has 1 aliphatic carbocycles. The summed E-state index contributed by atoms with van der Waals surface area (Å²) in [5, 5.41) is 8.99. The number of nitrogens with zero attached hydrogens (tertiary/aromatic N) is 1. The number of carboxylic acids is 1. The van der Waals surface area contributed by atoms with Gasteiger partial charge < -0.3 is 14.6 Å². The minimum absolute atomic E-state index is 0.105. The fourth-order valence-electron chi connectivity index (χ4n) is 4.06. The number of allylic oxidation sites excluding steroid dienone is 1. The average molecular weight is 441 g/mol. The van der Waals surface area contributed by atoms with Gasteiger partial charge in [0.1, 0.15) is 5.75 Å². The maximum atomic E-state index is 12.6. The van der Waals surface area contributed by atoms with Crippen LogP contribution in [0.2, 0.25) is 0 Å². The van der Waals surface area contributed by atoms with E-state index in [4.69, 9.17) is 9.84 Å². The number of hydrogen-bond acceptors (Lipinski definition) is 4. The van der Waals surface area contributed by atoms with Crippen molar-refractivity contribution in [1.82, 2.24) is 4.90 Å². The lowest BCUT2D eigenvalue weighted by molar-refractivity contribution is -0.275. The van der Waals surface area contributed by atoms with Gasteiger partial charge in [-0.1, -0.05) is 30.4 Å². The molecule has 0 bridgehead atoms. The number of para-hydroxylation sites is 1.